The molecule has 272 valence electrons. The Labute approximate surface area is 297 Å². The molecule has 2 saturated heterocycles. The molecular weight excluding hydrogens is 669 g/mol. The van der Waals surface area contributed by atoms with Crippen LogP contribution in [0, 0.1) is 5.92 Å². The first-order valence-corrected chi connectivity index (χ1v) is 18.4. The Balaban J connectivity index is 1.12. The molecule has 1 aliphatic carbocycles. The number of likely N-dealkylation sites (tertiary alicyclic amines) is 2. The second kappa shape index (κ2) is 15.4. The maximum absolute atomic E-state index is 14.1. The number of nitrogens with one attached hydrogen (secondary N) is 1. The fourth-order valence-electron chi connectivity index (χ4n) is 8.42. The molecule has 3 fully saturated rings. The maximum Gasteiger partial charge on any atom is 0.418 e. The number of nitrogens with zero attached hydrogens (tertiary/aromatic N) is 4. The van der Waals surface area contributed by atoms with Gasteiger partial charge in [-0.1, -0.05) is 42.6 Å². The van der Waals surface area contributed by atoms with Crippen molar-refractivity contribution in [3.8, 4) is 0 Å². The molecule has 0 bridgehead atoms. The SMILES string of the molecule is CN(C1CCCC1)C1CCN(C(=O)C(CC(=O)N2CCC(N3CCc4ccccc4NC3=O)CC2)Cc2cc(Cl)c(N)c(C(F)(F)F)c2)CC1. The molecule has 9 nitrogen and oxygen atoms in total. The number of carbonyl (C=O) groups excluding carboxylic acids is 3. The molecule has 0 aromatic heterocycles. The third-order valence-corrected chi connectivity index (χ3v) is 11.7. The van der Waals surface area contributed by atoms with E-state index < -0.39 is 23.3 Å². The Hall–Kier alpha value is -3.51. The molecule has 3 N–H and O–H groups in total. The van der Waals surface area contributed by atoms with Crippen LogP contribution in [0.25, 0.3) is 0 Å². The summed E-state index contributed by atoms with van der Waals surface area (Å²) in [7, 11) is 2.17. The highest BCUT2D eigenvalue weighted by Crippen LogP contribution is 2.39. The number of rotatable bonds is 8. The Kier molecular flexibility index (Phi) is 11.2. The number of halogens is 4. The van der Waals surface area contributed by atoms with Gasteiger partial charge in [-0.2, -0.15) is 13.2 Å². The Morgan fingerprint density at radius 1 is 0.960 bits per heavy atom. The first kappa shape index (κ1) is 36.3. The topological polar surface area (TPSA) is 102 Å². The highest BCUT2D eigenvalue weighted by molar-refractivity contribution is 6.33. The highest BCUT2D eigenvalue weighted by atomic mass is 35.5. The average Bonchev–Trinajstić information content (AvgIpc) is 3.59. The van der Waals surface area contributed by atoms with Crippen LogP contribution < -0.4 is 11.1 Å². The molecule has 2 aromatic rings. The highest BCUT2D eigenvalue weighted by Gasteiger charge is 2.38. The molecule has 0 spiro atoms. The number of carbonyl (C=O) groups is 3. The summed E-state index contributed by atoms with van der Waals surface area (Å²) in [6, 6.07) is 10.8. The largest absolute Gasteiger partial charge is 0.418 e. The van der Waals surface area contributed by atoms with Gasteiger partial charge < -0.3 is 30.7 Å². The lowest BCUT2D eigenvalue weighted by molar-refractivity contribution is -0.143. The van der Waals surface area contributed by atoms with Crippen LogP contribution in [-0.4, -0.2) is 95.3 Å². The number of amides is 4. The Morgan fingerprint density at radius 2 is 1.60 bits per heavy atom. The number of anilines is 2. The summed E-state index contributed by atoms with van der Waals surface area (Å²) in [6.07, 6.45) is 3.51. The molecule has 6 rings (SSSR count). The van der Waals surface area contributed by atoms with Crippen molar-refractivity contribution in [2.24, 2.45) is 5.92 Å². The molecule has 13 heteroatoms. The van der Waals surface area contributed by atoms with Gasteiger partial charge in [-0.25, -0.2) is 4.79 Å². The molecule has 1 atom stereocenters. The van der Waals surface area contributed by atoms with E-state index in [0.29, 0.717) is 57.6 Å². The van der Waals surface area contributed by atoms with Gasteiger partial charge in [-0.05, 0) is 87.7 Å². The van der Waals surface area contributed by atoms with Crippen molar-refractivity contribution in [2.45, 2.75) is 94.9 Å². The third kappa shape index (κ3) is 8.17. The molecule has 0 radical (unpaired) electrons. The van der Waals surface area contributed by atoms with E-state index in [1.165, 1.54) is 31.7 Å². The molecule has 3 heterocycles. The lowest BCUT2D eigenvalue weighted by Gasteiger charge is -2.41. The fraction of sp³-hybridized carbons (Fsp3) is 0.595. The zero-order valence-electron chi connectivity index (χ0n) is 28.7. The molecule has 4 amide bonds. The van der Waals surface area contributed by atoms with E-state index in [-0.39, 0.29) is 47.3 Å². The van der Waals surface area contributed by atoms with Gasteiger partial charge in [-0.3, -0.25) is 9.59 Å². The molecule has 50 heavy (non-hydrogen) atoms. The quantitative estimate of drug-likeness (QED) is 0.307. The van der Waals surface area contributed by atoms with Crippen LogP contribution in [0.4, 0.5) is 29.3 Å². The lowest BCUT2D eigenvalue weighted by atomic mass is 9.91. The number of nitrogen functional groups attached to an aromatic ring is 1. The van der Waals surface area contributed by atoms with Gasteiger partial charge in [0.1, 0.15) is 0 Å². The number of fused-ring (bicyclic) bond motifs is 1. The van der Waals surface area contributed by atoms with E-state index in [4.69, 9.17) is 17.3 Å². The van der Waals surface area contributed by atoms with Crippen molar-refractivity contribution in [2.75, 3.05) is 50.8 Å². The van der Waals surface area contributed by atoms with Crippen LogP contribution >= 0.6 is 11.6 Å². The molecule has 4 aliphatic rings. The zero-order valence-corrected chi connectivity index (χ0v) is 29.4. The lowest BCUT2D eigenvalue weighted by Crippen LogP contribution is -2.51. The maximum atomic E-state index is 14.1. The van der Waals surface area contributed by atoms with E-state index >= 15 is 0 Å². The van der Waals surface area contributed by atoms with Gasteiger partial charge >= 0.3 is 12.2 Å². The summed E-state index contributed by atoms with van der Waals surface area (Å²) in [5, 5.41) is 2.78. The van der Waals surface area contributed by atoms with Crippen molar-refractivity contribution in [1.82, 2.24) is 19.6 Å². The van der Waals surface area contributed by atoms with Gasteiger partial charge in [0.05, 0.1) is 22.2 Å². The minimum atomic E-state index is -4.72. The second-order valence-electron chi connectivity index (χ2n) is 14.4. The first-order valence-electron chi connectivity index (χ1n) is 18.0. The van der Waals surface area contributed by atoms with Crippen molar-refractivity contribution in [1.29, 1.82) is 0 Å². The van der Waals surface area contributed by atoms with E-state index in [0.717, 1.165) is 36.6 Å². The van der Waals surface area contributed by atoms with Crippen molar-refractivity contribution in [3.05, 3.63) is 58.1 Å². The van der Waals surface area contributed by atoms with E-state index in [1.807, 2.05) is 29.2 Å². The summed E-state index contributed by atoms with van der Waals surface area (Å²) in [4.78, 5) is 48.8. The van der Waals surface area contributed by atoms with Gasteiger partial charge in [0.25, 0.3) is 0 Å². The summed E-state index contributed by atoms with van der Waals surface area (Å²) < 4.78 is 41.5. The fourth-order valence-corrected chi connectivity index (χ4v) is 8.67. The number of urea groups is 1. The summed E-state index contributed by atoms with van der Waals surface area (Å²) in [5.41, 5.74) is 6.21. The van der Waals surface area contributed by atoms with E-state index in [1.54, 1.807) is 9.80 Å². The van der Waals surface area contributed by atoms with Crippen LogP contribution in [0.1, 0.15) is 74.5 Å². The van der Waals surface area contributed by atoms with Crippen molar-refractivity contribution >= 4 is 40.8 Å². The van der Waals surface area contributed by atoms with Crippen LogP contribution in [0.3, 0.4) is 0 Å². The number of alkyl halides is 3. The Morgan fingerprint density at radius 3 is 2.28 bits per heavy atom. The van der Waals surface area contributed by atoms with Gasteiger partial charge in [0, 0.05) is 63.0 Å². The summed E-state index contributed by atoms with van der Waals surface area (Å²) in [5.74, 6) is -1.31. The number of nitrogens with two attached hydrogens (primary N) is 1. The molecule has 3 aliphatic heterocycles. The Bertz CT molecular complexity index is 1550. The molecular formula is C37H48ClF3N6O3. The van der Waals surface area contributed by atoms with Crippen molar-refractivity contribution in [3.63, 3.8) is 0 Å². The van der Waals surface area contributed by atoms with Crippen LogP contribution in [0.5, 0.6) is 0 Å². The number of para-hydroxylation sites is 1. The summed E-state index contributed by atoms with van der Waals surface area (Å²) >= 11 is 6.16. The zero-order chi connectivity index (χ0) is 35.6. The van der Waals surface area contributed by atoms with E-state index in [2.05, 4.69) is 17.3 Å². The van der Waals surface area contributed by atoms with Crippen LogP contribution in [-0.2, 0) is 28.6 Å². The molecule has 1 unspecified atom stereocenters. The number of hydrogen-bond donors (Lipinski definition) is 2. The smallest absolute Gasteiger partial charge is 0.397 e. The van der Waals surface area contributed by atoms with Crippen molar-refractivity contribution < 1.29 is 27.6 Å². The van der Waals surface area contributed by atoms with Crippen LogP contribution in [0.15, 0.2) is 36.4 Å². The standard InChI is InChI=1S/C37H48ClF3N6O3/c1-44(27-7-3-4-8-27)28-11-17-46(18-12-28)35(49)26(20-24-21-30(37(39,40)41)34(42)31(38)22-24)23-33(48)45-15-13-29(14-16-45)47-19-10-25-6-2-5-9-32(25)43-36(47)50/h2,5-6,9,21-22,26-29H,3-4,7-8,10-20,23,42H2,1H3,(H,43,50). The predicted molar refractivity (Wildman–Crippen MR) is 188 cm³/mol. The first-order chi connectivity index (χ1) is 23.9. The van der Waals surface area contributed by atoms with Gasteiger partial charge in [0.15, 0.2) is 0 Å². The average molecular weight is 717 g/mol. The number of benzene rings is 2. The number of hydrogen-bond acceptors (Lipinski definition) is 5. The summed E-state index contributed by atoms with van der Waals surface area (Å²) in [6.45, 7) is 2.50. The van der Waals surface area contributed by atoms with E-state index in [9.17, 15) is 27.6 Å². The molecule has 1 saturated carbocycles. The third-order valence-electron chi connectivity index (χ3n) is 11.4. The minimum absolute atomic E-state index is 0.0350. The predicted octanol–water partition coefficient (Wildman–Crippen LogP) is 6.44. The second-order valence-corrected chi connectivity index (χ2v) is 14.9. The minimum Gasteiger partial charge on any atom is -0.397 e. The van der Waals surface area contributed by atoms with Gasteiger partial charge in [-0.15, -0.1) is 0 Å². The van der Waals surface area contributed by atoms with Crippen LogP contribution in [0.2, 0.25) is 5.02 Å². The number of piperidine rings is 2. The normalized spacial score (nSPS) is 20.5. The monoisotopic (exact) mass is 716 g/mol. The molecule has 2 aromatic carbocycles. The van der Waals surface area contributed by atoms with Gasteiger partial charge in [0.2, 0.25) is 11.8 Å².